The number of rotatable bonds is 7. The fourth-order valence-electron chi connectivity index (χ4n) is 2.15. The van der Waals surface area contributed by atoms with Crippen molar-refractivity contribution in [2.75, 3.05) is 17.1 Å². The third-order valence-electron chi connectivity index (χ3n) is 3.26. The molecule has 0 spiro atoms. The standard InChI is InChI=1S/C14H16F3N3O3S2/c1-25(22,23)10-24-7-13(21,6-20-9-18-8-19-20)11-3-2-4-12(5-11)14(15,16)17/h2-5,8-9,21H,6-7,10H2,1H3. The summed E-state index contributed by atoms with van der Waals surface area (Å²) in [4.78, 5) is 3.73. The van der Waals surface area contributed by atoms with Gasteiger partial charge in [0.1, 0.15) is 18.3 Å². The van der Waals surface area contributed by atoms with Gasteiger partial charge in [0, 0.05) is 12.0 Å². The molecular weight excluding hydrogens is 379 g/mol. The van der Waals surface area contributed by atoms with E-state index in [4.69, 9.17) is 0 Å². The Morgan fingerprint density at radius 1 is 1.28 bits per heavy atom. The Labute approximate surface area is 147 Å². The van der Waals surface area contributed by atoms with Gasteiger partial charge in [0.25, 0.3) is 0 Å². The minimum atomic E-state index is -4.55. The molecule has 0 aliphatic heterocycles. The van der Waals surface area contributed by atoms with Crippen LogP contribution in [-0.2, 0) is 28.2 Å². The van der Waals surface area contributed by atoms with E-state index in [2.05, 4.69) is 10.1 Å². The number of hydrogen-bond acceptors (Lipinski definition) is 6. The summed E-state index contributed by atoms with van der Waals surface area (Å²) >= 11 is 0.916. The van der Waals surface area contributed by atoms with Crippen molar-refractivity contribution >= 4 is 21.6 Å². The lowest BCUT2D eigenvalue weighted by molar-refractivity contribution is -0.137. The number of hydrogen-bond donors (Lipinski definition) is 1. The topological polar surface area (TPSA) is 85.1 Å². The Morgan fingerprint density at radius 3 is 2.52 bits per heavy atom. The summed E-state index contributed by atoms with van der Waals surface area (Å²) in [7, 11) is -3.29. The van der Waals surface area contributed by atoms with Crippen molar-refractivity contribution in [1.29, 1.82) is 0 Å². The van der Waals surface area contributed by atoms with Gasteiger partial charge in [0.15, 0.2) is 9.84 Å². The molecule has 2 rings (SSSR count). The smallest absolute Gasteiger partial charge is 0.382 e. The number of benzene rings is 1. The van der Waals surface area contributed by atoms with Gasteiger partial charge in [0.05, 0.1) is 17.2 Å². The van der Waals surface area contributed by atoms with Crippen LogP contribution in [-0.4, -0.2) is 45.4 Å². The Morgan fingerprint density at radius 2 is 1.96 bits per heavy atom. The van der Waals surface area contributed by atoms with E-state index in [-0.39, 0.29) is 22.9 Å². The molecule has 1 aromatic carbocycles. The summed E-state index contributed by atoms with van der Waals surface area (Å²) in [5.41, 5.74) is -2.61. The van der Waals surface area contributed by atoms with Gasteiger partial charge in [-0.15, -0.1) is 11.8 Å². The number of halogens is 3. The summed E-state index contributed by atoms with van der Waals surface area (Å²) in [6.45, 7) is -0.162. The van der Waals surface area contributed by atoms with E-state index in [1.165, 1.54) is 29.5 Å². The van der Waals surface area contributed by atoms with Gasteiger partial charge in [-0.1, -0.05) is 12.1 Å². The minimum Gasteiger partial charge on any atom is -0.382 e. The summed E-state index contributed by atoms with van der Waals surface area (Å²) in [5.74, 6) is -0.124. The Kier molecular flexibility index (Phi) is 5.79. The molecule has 25 heavy (non-hydrogen) atoms. The minimum absolute atomic E-state index is 0.0267. The molecule has 138 valence electrons. The lowest BCUT2D eigenvalue weighted by Gasteiger charge is -2.28. The first kappa shape index (κ1) is 19.7. The van der Waals surface area contributed by atoms with Crippen LogP contribution < -0.4 is 0 Å². The van der Waals surface area contributed by atoms with Crippen molar-refractivity contribution in [1.82, 2.24) is 14.8 Å². The quantitative estimate of drug-likeness (QED) is 0.771. The lowest BCUT2D eigenvalue weighted by atomic mass is 9.94. The van der Waals surface area contributed by atoms with E-state index in [1.807, 2.05) is 0 Å². The van der Waals surface area contributed by atoms with Crippen molar-refractivity contribution in [2.24, 2.45) is 0 Å². The lowest BCUT2D eigenvalue weighted by Crippen LogP contribution is -2.35. The van der Waals surface area contributed by atoms with E-state index >= 15 is 0 Å². The predicted octanol–water partition coefficient (Wildman–Crippen LogP) is 1.92. The third-order valence-corrected chi connectivity index (χ3v) is 6.32. The second kappa shape index (κ2) is 7.34. The number of thioether (sulfide) groups is 1. The van der Waals surface area contributed by atoms with Crippen LogP contribution in [0.3, 0.4) is 0 Å². The Hall–Kier alpha value is -1.59. The van der Waals surface area contributed by atoms with E-state index in [0.717, 1.165) is 30.2 Å². The predicted molar refractivity (Wildman–Crippen MR) is 87.5 cm³/mol. The van der Waals surface area contributed by atoms with Crippen LogP contribution in [0.15, 0.2) is 36.9 Å². The fourth-order valence-corrected chi connectivity index (χ4v) is 4.29. The van der Waals surface area contributed by atoms with Crippen LogP contribution in [0.1, 0.15) is 11.1 Å². The van der Waals surface area contributed by atoms with Crippen LogP contribution >= 0.6 is 11.8 Å². The fraction of sp³-hybridized carbons (Fsp3) is 0.429. The summed E-state index contributed by atoms with van der Waals surface area (Å²) in [6.07, 6.45) is -0.958. The molecule has 0 fully saturated rings. The summed E-state index contributed by atoms with van der Waals surface area (Å²) in [6, 6.07) is 4.33. The molecule has 1 heterocycles. The number of aromatic nitrogens is 3. The summed E-state index contributed by atoms with van der Waals surface area (Å²) < 4.78 is 62.7. The first-order valence-corrected chi connectivity index (χ1v) is 10.2. The van der Waals surface area contributed by atoms with Crippen molar-refractivity contribution < 1.29 is 26.7 Å². The number of aliphatic hydroxyl groups is 1. The van der Waals surface area contributed by atoms with Crippen LogP contribution in [0.25, 0.3) is 0 Å². The molecule has 0 radical (unpaired) electrons. The zero-order valence-corrected chi connectivity index (χ0v) is 14.8. The molecular formula is C14H16F3N3O3S2. The second-order valence-corrected chi connectivity index (χ2v) is 9.09. The maximum Gasteiger partial charge on any atom is 0.416 e. The van der Waals surface area contributed by atoms with E-state index in [9.17, 15) is 26.7 Å². The molecule has 2 aromatic rings. The molecule has 1 atom stereocenters. The Balaban J connectivity index is 2.33. The summed E-state index contributed by atoms with van der Waals surface area (Å²) in [5, 5.41) is 14.6. The van der Waals surface area contributed by atoms with Crippen LogP contribution in [0.2, 0.25) is 0 Å². The monoisotopic (exact) mass is 395 g/mol. The molecule has 0 aliphatic carbocycles. The van der Waals surface area contributed by atoms with Crippen LogP contribution in [0, 0.1) is 0 Å². The van der Waals surface area contributed by atoms with E-state index < -0.39 is 27.2 Å². The highest BCUT2D eigenvalue weighted by Gasteiger charge is 2.35. The van der Waals surface area contributed by atoms with E-state index in [1.54, 1.807) is 0 Å². The maximum atomic E-state index is 12.9. The average Bonchev–Trinajstić information content (AvgIpc) is 2.98. The van der Waals surface area contributed by atoms with Gasteiger partial charge in [-0.05, 0) is 17.7 Å². The largest absolute Gasteiger partial charge is 0.416 e. The maximum absolute atomic E-state index is 12.9. The molecule has 1 aromatic heterocycles. The van der Waals surface area contributed by atoms with E-state index in [0.29, 0.717) is 0 Å². The number of nitrogens with zero attached hydrogens (tertiary/aromatic N) is 3. The molecule has 11 heteroatoms. The highest BCUT2D eigenvalue weighted by Crippen LogP contribution is 2.34. The molecule has 0 aliphatic rings. The van der Waals surface area contributed by atoms with Crippen molar-refractivity contribution in [3.05, 3.63) is 48.0 Å². The zero-order valence-electron chi connectivity index (χ0n) is 13.1. The second-order valence-electron chi connectivity index (χ2n) is 5.60. The third kappa shape index (κ3) is 5.72. The van der Waals surface area contributed by atoms with Gasteiger partial charge >= 0.3 is 6.18 Å². The van der Waals surface area contributed by atoms with Crippen LogP contribution in [0.4, 0.5) is 13.2 Å². The SMILES string of the molecule is CS(=O)(=O)CSCC(O)(Cn1cncn1)c1cccc(C(F)(F)F)c1. The molecule has 1 unspecified atom stereocenters. The molecule has 0 saturated carbocycles. The molecule has 0 saturated heterocycles. The number of sulfone groups is 1. The highest BCUT2D eigenvalue weighted by molar-refractivity contribution is 8.12. The average molecular weight is 395 g/mol. The van der Waals surface area contributed by atoms with Crippen molar-refractivity contribution in [3.63, 3.8) is 0 Å². The van der Waals surface area contributed by atoms with Gasteiger partial charge in [-0.25, -0.2) is 18.1 Å². The first-order valence-electron chi connectivity index (χ1n) is 6.98. The molecule has 6 nitrogen and oxygen atoms in total. The Bertz CT molecular complexity index is 810. The van der Waals surface area contributed by atoms with Crippen molar-refractivity contribution in [3.8, 4) is 0 Å². The number of alkyl halides is 3. The normalized spacial score (nSPS) is 15.1. The van der Waals surface area contributed by atoms with Crippen molar-refractivity contribution in [2.45, 2.75) is 18.3 Å². The van der Waals surface area contributed by atoms with Gasteiger partial charge < -0.3 is 5.11 Å². The van der Waals surface area contributed by atoms with Gasteiger partial charge in [-0.2, -0.15) is 18.3 Å². The zero-order chi connectivity index (χ0) is 18.7. The molecule has 1 N–H and O–H groups in total. The highest BCUT2D eigenvalue weighted by atomic mass is 32.3. The molecule has 0 bridgehead atoms. The van der Waals surface area contributed by atoms with Crippen LogP contribution in [0.5, 0.6) is 0 Å². The van der Waals surface area contributed by atoms with Gasteiger partial charge in [-0.3, -0.25) is 0 Å². The van der Waals surface area contributed by atoms with Gasteiger partial charge in [0.2, 0.25) is 0 Å². The first-order chi connectivity index (χ1) is 11.5. The molecule has 0 amide bonds.